The summed E-state index contributed by atoms with van der Waals surface area (Å²) in [5.74, 6) is -0.195. The molecule has 1 spiro atoms. The first kappa shape index (κ1) is 16.3. The highest BCUT2D eigenvalue weighted by atomic mass is 19.1. The van der Waals surface area contributed by atoms with Gasteiger partial charge in [-0.15, -0.1) is 0 Å². The zero-order valence-electron chi connectivity index (χ0n) is 14.1. The average molecular weight is 319 g/mol. The fourth-order valence-corrected chi connectivity index (χ4v) is 4.56. The van der Waals surface area contributed by atoms with Crippen molar-refractivity contribution in [2.45, 2.75) is 63.8 Å². The molecule has 4 heteroatoms. The second-order valence-corrected chi connectivity index (χ2v) is 6.95. The summed E-state index contributed by atoms with van der Waals surface area (Å²) in [5.41, 5.74) is 1.62. The number of halogens is 1. The number of hydrogen-bond donors (Lipinski definition) is 0. The van der Waals surface area contributed by atoms with Crippen LogP contribution in [0.3, 0.4) is 0 Å². The van der Waals surface area contributed by atoms with E-state index in [1.807, 2.05) is 13.0 Å². The largest absolute Gasteiger partial charge is 0.465 e. The Balaban J connectivity index is 2.02. The second kappa shape index (κ2) is 6.50. The molecule has 1 heterocycles. The van der Waals surface area contributed by atoms with E-state index in [2.05, 4.69) is 11.8 Å². The maximum atomic E-state index is 14.4. The molecule has 1 aliphatic heterocycles. The molecule has 3 rings (SSSR count). The lowest BCUT2D eigenvalue weighted by atomic mass is 9.70. The van der Waals surface area contributed by atoms with Gasteiger partial charge in [-0.3, -0.25) is 4.79 Å². The summed E-state index contributed by atoms with van der Waals surface area (Å²) < 4.78 is 19.6. The van der Waals surface area contributed by atoms with Gasteiger partial charge in [0.15, 0.2) is 0 Å². The SMILES string of the molecule is CCOC(=O)CN1c2cccc(F)c2C(C)CC12CCCCC2. The second-order valence-electron chi connectivity index (χ2n) is 6.95. The predicted octanol–water partition coefficient (Wildman–Crippen LogP) is 4.41. The Kier molecular flexibility index (Phi) is 4.60. The molecule has 0 radical (unpaired) electrons. The van der Waals surface area contributed by atoms with E-state index in [0.29, 0.717) is 6.61 Å². The third-order valence-corrected chi connectivity index (χ3v) is 5.45. The highest BCUT2D eigenvalue weighted by molar-refractivity contribution is 5.78. The van der Waals surface area contributed by atoms with Crippen LogP contribution < -0.4 is 4.90 Å². The molecule has 126 valence electrons. The number of nitrogens with zero attached hydrogens (tertiary/aromatic N) is 1. The van der Waals surface area contributed by atoms with Gasteiger partial charge in [0.25, 0.3) is 0 Å². The van der Waals surface area contributed by atoms with Crippen LogP contribution in [-0.4, -0.2) is 24.7 Å². The molecule has 0 bridgehead atoms. The van der Waals surface area contributed by atoms with Crippen LogP contribution >= 0.6 is 0 Å². The van der Waals surface area contributed by atoms with Crippen LogP contribution in [0.5, 0.6) is 0 Å². The van der Waals surface area contributed by atoms with E-state index >= 15 is 0 Å². The van der Waals surface area contributed by atoms with Crippen LogP contribution in [0.2, 0.25) is 0 Å². The van der Waals surface area contributed by atoms with Crippen LogP contribution in [0.25, 0.3) is 0 Å². The van der Waals surface area contributed by atoms with Gasteiger partial charge in [-0.2, -0.15) is 0 Å². The Labute approximate surface area is 137 Å². The Bertz CT molecular complexity index is 581. The molecule has 1 aliphatic carbocycles. The predicted molar refractivity (Wildman–Crippen MR) is 89.2 cm³/mol. The number of carbonyl (C=O) groups excluding carboxylic acids is 1. The summed E-state index contributed by atoms with van der Waals surface area (Å²) in [5, 5.41) is 0. The van der Waals surface area contributed by atoms with Crippen molar-refractivity contribution in [2.24, 2.45) is 0 Å². The van der Waals surface area contributed by atoms with Gasteiger partial charge in [0, 0.05) is 16.8 Å². The fourth-order valence-electron chi connectivity index (χ4n) is 4.56. The van der Waals surface area contributed by atoms with Crippen molar-refractivity contribution in [2.75, 3.05) is 18.1 Å². The summed E-state index contributed by atoms with van der Waals surface area (Å²) in [6.07, 6.45) is 6.67. The number of anilines is 1. The third-order valence-electron chi connectivity index (χ3n) is 5.45. The zero-order chi connectivity index (χ0) is 16.4. The first-order chi connectivity index (χ1) is 11.1. The molecule has 0 N–H and O–H groups in total. The number of benzene rings is 1. The van der Waals surface area contributed by atoms with Gasteiger partial charge in [-0.05, 0) is 44.2 Å². The molecule has 1 aromatic carbocycles. The lowest BCUT2D eigenvalue weighted by Gasteiger charge is -2.52. The van der Waals surface area contributed by atoms with Crippen LogP contribution in [0.4, 0.5) is 10.1 Å². The highest BCUT2D eigenvalue weighted by Crippen LogP contribution is 2.50. The fraction of sp³-hybridized carbons (Fsp3) is 0.632. The summed E-state index contributed by atoms with van der Waals surface area (Å²) in [7, 11) is 0. The smallest absolute Gasteiger partial charge is 0.325 e. The molecule has 1 fully saturated rings. The number of fused-ring (bicyclic) bond motifs is 1. The monoisotopic (exact) mass is 319 g/mol. The van der Waals surface area contributed by atoms with Crippen molar-refractivity contribution in [1.82, 2.24) is 0 Å². The summed E-state index contributed by atoms with van der Waals surface area (Å²) in [6, 6.07) is 5.24. The molecule has 0 amide bonds. The topological polar surface area (TPSA) is 29.5 Å². The molecule has 1 saturated carbocycles. The van der Waals surface area contributed by atoms with Gasteiger partial charge in [-0.1, -0.05) is 32.3 Å². The Morgan fingerprint density at radius 2 is 2.09 bits per heavy atom. The van der Waals surface area contributed by atoms with E-state index in [-0.39, 0.29) is 29.8 Å². The van der Waals surface area contributed by atoms with Crippen molar-refractivity contribution in [3.05, 3.63) is 29.6 Å². The molecule has 3 nitrogen and oxygen atoms in total. The van der Waals surface area contributed by atoms with Gasteiger partial charge in [0.05, 0.1) is 6.61 Å². The number of rotatable bonds is 3. The normalized spacial score (nSPS) is 22.7. The van der Waals surface area contributed by atoms with Crippen molar-refractivity contribution in [3.63, 3.8) is 0 Å². The standard InChI is InChI=1S/C19H26FNO2/c1-3-23-17(22)13-21-16-9-7-8-15(20)18(16)14(2)12-19(21)10-5-4-6-11-19/h7-9,14H,3-6,10-13H2,1-2H3. The maximum absolute atomic E-state index is 14.4. The van der Waals surface area contributed by atoms with Crippen LogP contribution in [0.1, 0.15) is 63.9 Å². The first-order valence-corrected chi connectivity index (χ1v) is 8.79. The highest BCUT2D eigenvalue weighted by Gasteiger charge is 2.45. The van der Waals surface area contributed by atoms with E-state index < -0.39 is 0 Å². The average Bonchev–Trinajstić information content (AvgIpc) is 2.52. The summed E-state index contributed by atoms with van der Waals surface area (Å²) in [4.78, 5) is 14.3. The van der Waals surface area contributed by atoms with Crippen molar-refractivity contribution in [3.8, 4) is 0 Å². The molecule has 1 aromatic rings. The Hall–Kier alpha value is -1.58. The van der Waals surface area contributed by atoms with E-state index in [9.17, 15) is 9.18 Å². The van der Waals surface area contributed by atoms with E-state index in [0.717, 1.165) is 30.5 Å². The number of ether oxygens (including phenoxy) is 1. The molecular formula is C19H26FNO2. The number of carbonyl (C=O) groups is 1. The summed E-state index contributed by atoms with van der Waals surface area (Å²) >= 11 is 0. The summed E-state index contributed by atoms with van der Waals surface area (Å²) in [6.45, 7) is 4.53. The molecule has 1 unspecified atom stereocenters. The van der Waals surface area contributed by atoms with E-state index in [1.54, 1.807) is 6.07 Å². The lowest BCUT2D eigenvalue weighted by Crippen LogP contribution is -2.55. The Morgan fingerprint density at radius 3 is 2.78 bits per heavy atom. The van der Waals surface area contributed by atoms with Crippen molar-refractivity contribution in [1.29, 1.82) is 0 Å². The molecular weight excluding hydrogens is 293 g/mol. The lowest BCUT2D eigenvalue weighted by molar-refractivity contribution is -0.141. The van der Waals surface area contributed by atoms with Gasteiger partial charge < -0.3 is 9.64 Å². The number of esters is 1. The number of hydrogen-bond acceptors (Lipinski definition) is 3. The van der Waals surface area contributed by atoms with Crippen LogP contribution in [0.15, 0.2) is 18.2 Å². The van der Waals surface area contributed by atoms with Crippen molar-refractivity contribution >= 4 is 11.7 Å². The molecule has 0 aromatic heterocycles. The molecule has 23 heavy (non-hydrogen) atoms. The van der Waals surface area contributed by atoms with Gasteiger partial charge in [0.1, 0.15) is 12.4 Å². The van der Waals surface area contributed by atoms with Gasteiger partial charge in [-0.25, -0.2) is 4.39 Å². The first-order valence-electron chi connectivity index (χ1n) is 8.79. The van der Waals surface area contributed by atoms with E-state index in [4.69, 9.17) is 4.74 Å². The third kappa shape index (κ3) is 2.96. The van der Waals surface area contributed by atoms with Gasteiger partial charge >= 0.3 is 5.97 Å². The quantitative estimate of drug-likeness (QED) is 0.773. The maximum Gasteiger partial charge on any atom is 0.325 e. The minimum absolute atomic E-state index is 0.0226. The van der Waals surface area contributed by atoms with Crippen molar-refractivity contribution < 1.29 is 13.9 Å². The van der Waals surface area contributed by atoms with Crippen LogP contribution in [0, 0.1) is 5.82 Å². The van der Waals surface area contributed by atoms with E-state index in [1.165, 1.54) is 25.3 Å². The minimum Gasteiger partial charge on any atom is -0.465 e. The zero-order valence-corrected chi connectivity index (χ0v) is 14.1. The molecule has 1 atom stereocenters. The minimum atomic E-state index is -0.220. The van der Waals surface area contributed by atoms with Crippen LogP contribution in [-0.2, 0) is 9.53 Å². The molecule has 0 saturated heterocycles. The Morgan fingerprint density at radius 1 is 1.35 bits per heavy atom. The van der Waals surface area contributed by atoms with Gasteiger partial charge in [0.2, 0.25) is 0 Å². The molecule has 2 aliphatic rings.